The van der Waals surface area contributed by atoms with Gasteiger partial charge in [0.05, 0.1) is 17.6 Å². The van der Waals surface area contributed by atoms with E-state index in [2.05, 4.69) is 72.8 Å². The van der Waals surface area contributed by atoms with Crippen molar-refractivity contribution < 1.29 is 51.0 Å². The molecule has 0 aliphatic heterocycles. The minimum atomic E-state index is -6.00. The molecular formula is C33H29B2F8N4NiP. The molecule has 0 radical (unpaired) electrons. The molecule has 0 aliphatic carbocycles. The van der Waals surface area contributed by atoms with Crippen molar-refractivity contribution in [2.24, 2.45) is 4.99 Å². The monoisotopic (exact) mass is 744 g/mol. The van der Waals surface area contributed by atoms with Gasteiger partial charge in [0.1, 0.15) is 28.5 Å². The van der Waals surface area contributed by atoms with Crippen LogP contribution < -0.4 is 27.4 Å². The van der Waals surface area contributed by atoms with Crippen molar-refractivity contribution in [3.05, 3.63) is 156 Å². The van der Waals surface area contributed by atoms with Crippen molar-refractivity contribution >= 4 is 66.6 Å². The van der Waals surface area contributed by atoms with Crippen molar-refractivity contribution in [2.75, 3.05) is 11.5 Å². The van der Waals surface area contributed by atoms with Gasteiger partial charge in [0, 0.05) is 5.69 Å². The fraction of sp³-hybridized carbons (Fsp3) is 0. The van der Waals surface area contributed by atoms with Gasteiger partial charge in [0.25, 0.3) is 0 Å². The van der Waals surface area contributed by atoms with Crippen molar-refractivity contribution in [1.82, 2.24) is 0 Å². The first-order valence-electron chi connectivity index (χ1n) is 14.1. The van der Waals surface area contributed by atoms with Crippen LogP contribution >= 0.6 is 7.26 Å². The van der Waals surface area contributed by atoms with E-state index in [-0.39, 0.29) is 16.5 Å². The molecule has 0 fully saturated rings. The van der Waals surface area contributed by atoms with E-state index in [9.17, 15) is 34.5 Å². The molecular weight excluding hydrogens is 716 g/mol. The summed E-state index contributed by atoms with van der Waals surface area (Å²) in [6, 6.07) is 47.1. The fourth-order valence-corrected chi connectivity index (χ4v) is 8.65. The number of para-hydroxylation sites is 4. The normalized spacial score (nSPS) is 11.7. The number of allylic oxidation sites excluding steroid dienone is 1. The molecule has 4 nitrogen and oxygen atoms in total. The third-order valence-electron chi connectivity index (χ3n) is 6.36. The van der Waals surface area contributed by atoms with Crippen LogP contribution in [0.1, 0.15) is 0 Å². The summed E-state index contributed by atoms with van der Waals surface area (Å²) in [7, 11) is -14.4. The quantitative estimate of drug-likeness (QED) is 0.0546. The Kier molecular flexibility index (Phi) is 15.6. The van der Waals surface area contributed by atoms with Crippen LogP contribution in [0, 0.1) is 0 Å². The van der Waals surface area contributed by atoms with Crippen LogP contribution in [-0.4, -0.2) is 20.7 Å². The van der Waals surface area contributed by atoms with Gasteiger partial charge >= 0.3 is 31.0 Å². The summed E-state index contributed by atoms with van der Waals surface area (Å²) in [5.74, 6) is 0. The van der Waals surface area contributed by atoms with Gasteiger partial charge in [-0.3, -0.25) is 4.99 Å². The second-order valence-corrected chi connectivity index (χ2v) is 13.1. The standard InChI is InChI=1S/C33H29N4P.2BF4.Ni/c34-30-20-10-12-22-32(30)36-24-29(25-37-33-23-13-11-21-31(33)35)38(26-14-4-1-5-15-26,27-16-6-2-7-17-27)28-18-8-3-9-19-28;2*2-1(3,4)5;/h1-25H,34-35H2;;;/q;2*-1;+2/b29-24+,37-25?;;;. The van der Waals surface area contributed by atoms with E-state index in [0.29, 0.717) is 22.7 Å². The molecule has 0 heterocycles. The topological polar surface area (TPSA) is 78.5 Å². The summed E-state index contributed by atoms with van der Waals surface area (Å²) < 4.78 is 78.0. The fourth-order valence-electron chi connectivity index (χ4n) is 4.54. The number of hydrogen-bond acceptors (Lipinski definition) is 3. The Bertz CT molecular complexity index is 1660. The number of benzene rings is 5. The van der Waals surface area contributed by atoms with Crippen LogP contribution in [0.15, 0.2) is 156 Å². The molecule has 0 amide bonds. The van der Waals surface area contributed by atoms with Gasteiger partial charge in [0.15, 0.2) is 0 Å². The van der Waals surface area contributed by atoms with E-state index in [1.807, 2.05) is 79.1 Å². The van der Waals surface area contributed by atoms with E-state index in [4.69, 9.17) is 21.8 Å². The molecule has 0 unspecified atom stereocenters. The summed E-state index contributed by atoms with van der Waals surface area (Å²) in [6.45, 7) is 0. The Morgan fingerprint density at radius 1 is 0.531 bits per heavy atom. The number of nitrogens with zero attached hydrogens (tertiary/aromatic N) is 2. The van der Waals surface area contributed by atoms with Gasteiger partial charge in [-0.25, -0.2) is 0 Å². The Morgan fingerprint density at radius 2 is 0.878 bits per heavy atom. The Balaban J connectivity index is 0.000000667. The second kappa shape index (κ2) is 18.8. The molecule has 258 valence electrons. The predicted octanol–water partition coefficient (Wildman–Crippen LogP) is 9.69. The number of halogens is 8. The SMILES string of the molecule is F[B-](F)(F)F.F[B-](F)(F)F.Nc1ccccc1N=C/C(=C\[N-]c1ccccc1N)[P+](c1ccccc1)(c1ccccc1)c1ccccc1.[Ni+2]. The van der Waals surface area contributed by atoms with Crippen LogP contribution in [0.4, 0.5) is 57.3 Å². The molecule has 49 heavy (non-hydrogen) atoms. The summed E-state index contributed by atoms with van der Waals surface area (Å²) in [4.78, 5) is 4.90. The number of hydrogen-bond donors (Lipinski definition) is 2. The van der Waals surface area contributed by atoms with Gasteiger partial charge in [0.2, 0.25) is 0 Å². The zero-order valence-electron chi connectivity index (χ0n) is 25.4. The zero-order chi connectivity index (χ0) is 35.2. The van der Waals surface area contributed by atoms with E-state index in [1.165, 1.54) is 15.9 Å². The molecule has 0 spiro atoms. The van der Waals surface area contributed by atoms with Gasteiger partial charge in [-0.2, -0.15) is 0 Å². The Morgan fingerprint density at radius 3 is 1.27 bits per heavy atom. The van der Waals surface area contributed by atoms with E-state index in [0.717, 1.165) is 5.31 Å². The van der Waals surface area contributed by atoms with Crippen LogP contribution in [0.3, 0.4) is 0 Å². The molecule has 0 atom stereocenters. The average Bonchev–Trinajstić information content (AvgIpc) is 3.04. The predicted molar refractivity (Wildman–Crippen MR) is 186 cm³/mol. The molecule has 5 rings (SSSR count). The summed E-state index contributed by atoms with van der Waals surface area (Å²) in [6.07, 6.45) is 3.85. The molecule has 4 N–H and O–H groups in total. The minimum absolute atomic E-state index is 0. The molecule has 16 heteroatoms. The molecule has 0 saturated carbocycles. The largest absolute Gasteiger partial charge is 2.00 e. The van der Waals surface area contributed by atoms with Crippen molar-refractivity contribution in [3.8, 4) is 0 Å². The van der Waals surface area contributed by atoms with Gasteiger partial charge in [-0.1, -0.05) is 84.9 Å². The van der Waals surface area contributed by atoms with Gasteiger partial charge in [-0.15, -0.1) is 11.9 Å². The van der Waals surface area contributed by atoms with E-state index in [1.54, 1.807) is 0 Å². The van der Waals surface area contributed by atoms with Crippen LogP contribution in [0.2, 0.25) is 0 Å². The first-order valence-corrected chi connectivity index (χ1v) is 15.9. The number of nitrogens with two attached hydrogens (primary N) is 2. The third-order valence-corrected chi connectivity index (χ3v) is 10.6. The van der Waals surface area contributed by atoms with Crippen molar-refractivity contribution in [3.63, 3.8) is 0 Å². The number of rotatable bonds is 8. The van der Waals surface area contributed by atoms with Crippen LogP contribution in [-0.2, 0) is 16.5 Å². The zero-order valence-corrected chi connectivity index (χ0v) is 27.3. The van der Waals surface area contributed by atoms with Crippen molar-refractivity contribution in [2.45, 2.75) is 0 Å². The Hall–Kier alpha value is -4.60. The molecule has 0 aromatic heterocycles. The molecule has 0 aliphatic rings. The van der Waals surface area contributed by atoms with Crippen molar-refractivity contribution in [1.29, 1.82) is 0 Å². The molecule has 5 aromatic carbocycles. The second-order valence-electron chi connectivity index (χ2n) is 9.73. The first kappa shape index (κ1) is 40.6. The third kappa shape index (κ3) is 13.1. The number of anilines is 2. The van der Waals surface area contributed by atoms with E-state index < -0.39 is 21.8 Å². The van der Waals surface area contributed by atoms with E-state index >= 15 is 0 Å². The molecule has 0 bridgehead atoms. The number of aliphatic imine (C=N–C) groups is 1. The molecule has 5 aromatic rings. The summed E-state index contributed by atoms with van der Waals surface area (Å²) in [5.41, 5.74) is 15.2. The van der Waals surface area contributed by atoms with Gasteiger partial charge < -0.3 is 51.3 Å². The smallest absolute Gasteiger partial charge is 0.659 e. The molecule has 0 saturated heterocycles. The summed E-state index contributed by atoms with van der Waals surface area (Å²) >= 11 is 0. The minimum Gasteiger partial charge on any atom is -0.659 e. The maximum atomic E-state index is 9.75. The first-order chi connectivity index (χ1) is 22.7. The maximum absolute atomic E-state index is 9.75. The van der Waals surface area contributed by atoms with Crippen LogP contribution in [0.25, 0.3) is 5.32 Å². The summed E-state index contributed by atoms with van der Waals surface area (Å²) in [5, 5.41) is 9.48. The number of nitrogen functional groups attached to an aromatic ring is 2. The van der Waals surface area contributed by atoms with Crippen LogP contribution in [0.5, 0.6) is 0 Å². The van der Waals surface area contributed by atoms with Gasteiger partial charge in [-0.05, 0) is 54.6 Å². The Labute approximate surface area is 289 Å². The average molecular weight is 745 g/mol. The maximum Gasteiger partial charge on any atom is 2.00 e.